The van der Waals surface area contributed by atoms with Gasteiger partial charge in [0.1, 0.15) is 11.6 Å². The molecule has 142 valence electrons. The Kier molecular flexibility index (Phi) is 5.86. The first-order valence-electron chi connectivity index (χ1n) is 8.60. The van der Waals surface area contributed by atoms with E-state index in [9.17, 15) is 9.59 Å². The van der Waals surface area contributed by atoms with Gasteiger partial charge in [0.25, 0.3) is 5.91 Å². The average Bonchev–Trinajstić information content (AvgIpc) is 2.69. The Morgan fingerprint density at radius 2 is 1.68 bits per heavy atom. The summed E-state index contributed by atoms with van der Waals surface area (Å²) in [7, 11) is 1.52. The molecule has 3 rings (SSSR count). The Bertz CT molecular complexity index is 987. The predicted octanol–water partition coefficient (Wildman–Crippen LogP) is 4.04. The standard InChI is InChI=1S/C21H20N4O3/c1-14(26)23-15-6-5-7-16(12-15)24-20-11-10-17(13-22-20)25-21(27)18-8-3-4-9-19(18)28-2/h3-13H,1-2H3,(H,22,24)(H,23,26)(H,25,27). The number of anilines is 4. The fourth-order valence-corrected chi connectivity index (χ4v) is 2.60. The minimum Gasteiger partial charge on any atom is -0.496 e. The molecular formula is C21H20N4O3. The second-order valence-electron chi connectivity index (χ2n) is 5.97. The molecule has 1 heterocycles. The number of para-hydroxylation sites is 1. The molecular weight excluding hydrogens is 356 g/mol. The molecule has 0 unspecified atom stereocenters. The third kappa shape index (κ3) is 4.85. The number of hydrogen-bond donors (Lipinski definition) is 3. The van der Waals surface area contributed by atoms with E-state index in [1.165, 1.54) is 14.0 Å². The van der Waals surface area contributed by atoms with Crippen molar-refractivity contribution in [2.45, 2.75) is 6.92 Å². The van der Waals surface area contributed by atoms with Crippen molar-refractivity contribution >= 4 is 34.7 Å². The van der Waals surface area contributed by atoms with Crippen LogP contribution in [0.1, 0.15) is 17.3 Å². The highest BCUT2D eigenvalue weighted by molar-refractivity contribution is 6.06. The molecule has 0 aliphatic heterocycles. The largest absolute Gasteiger partial charge is 0.496 e. The minimum absolute atomic E-state index is 0.134. The lowest BCUT2D eigenvalue weighted by molar-refractivity contribution is -0.114. The molecule has 0 aliphatic rings. The predicted molar refractivity (Wildman–Crippen MR) is 109 cm³/mol. The number of hydrogen-bond acceptors (Lipinski definition) is 5. The van der Waals surface area contributed by atoms with E-state index < -0.39 is 0 Å². The number of pyridine rings is 1. The van der Waals surface area contributed by atoms with Gasteiger partial charge < -0.3 is 20.7 Å². The molecule has 28 heavy (non-hydrogen) atoms. The summed E-state index contributed by atoms with van der Waals surface area (Å²) in [5.74, 6) is 0.703. The normalized spacial score (nSPS) is 10.1. The van der Waals surface area contributed by atoms with E-state index >= 15 is 0 Å². The first-order chi connectivity index (χ1) is 13.5. The van der Waals surface area contributed by atoms with Crippen LogP contribution in [0.2, 0.25) is 0 Å². The van der Waals surface area contributed by atoms with E-state index in [-0.39, 0.29) is 11.8 Å². The molecule has 0 aliphatic carbocycles. The highest BCUT2D eigenvalue weighted by atomic mass is 16.5. The topological polar surface area (TPSA) is 92.4 Å². The molecule has 0 radical (unpaired) electrons. The maximum absolute atomic E-state index is 12.4. The highest BCUT2D eigenvalue weighted by Crippen LogP contribution is 2.21. The smallest absolute Gasteiger partial charge is 0.259 e. The Hall–Kier alpha value is -3.87. The number of amides is 2. The van der Waals surface area contributed by atoms with Gasteiger partial charge in [-0.2, -0.15) is 0 Å². The van der Waals surface area contributed by atoms with Crippen molar-refractivity contribution < 1.29 is 14.3 Å². The minimum atomic E-state index is -0.275. The average molecular weight is 376 g/mol. The maximum atomic E-state index is 12.4. The lowest BCUT2D eigenvalue weighted by Gasteiger charge is -2.10. The van der Waals surface area contributed by atoms with Crippen LogP contribution in [0.5, 0.6) is 5.75 Å². The summed E-state index contributed by atoms with van der Waals surface area (Å²) in [5, 5.41) is 8.68. The number of nitrogens with one attached hydrogen (secondary N) is 3. The first kappa shape index (κ1) is 18.9. The van der Waals surface area contributed by atoms with Crippen molar-refractivity contribution in [3.8, 4) is 5.75 Å². The Balaban J connectivity index is 1.67. The van der Waals surface area contributed by atoms with E-state index in [1.54, 1.807) is 54.7 Å². The van der Waals surface area contributed by atoms with Gasteiger partial charge in [-0.3, -0.25) is 9.59 Å². The summed E-state index contributed by atoms with van der Waals surface area (Å²) in [6, 6.07) is 17.8. The van der Waals surface area contributed by atoms with E-state index in [4.69, 9.17) is 4.74 Å². The monoisotopic (exact) mass is 376 g/mol. The molecule has 0 fully saturated rings. The van der Waals surface area contributed by atoms with Gasteiger partial charge in [-0.15, -0.1) is 0 Å². The number of aromatic nitrogens is 1. The number of nitrogens with zero attached hydrogens (tertiary/aromatic N) is 1. The van der Waals surface area contributed by atoms with Crippen LogP contribution in [0.3, 0.4) is 0 Å². The third-order valence-corrected chi connectivity index (χ3v) is 3.83. The van der Waals surface area contributed by atoms with Gasteiger partial charge in [-0.25, -0.2) is 4.98 Å². The number of carbonyl (C=O) groups excluding carboxylic acids is 2. The van der Waals surface area contributed by atoms with Gasteiger partial charge in [-0.05, 0) is 42.5 Å². The second-order valence-corrected chi connectivity index (χ2v) is 5.97. The van der Waals surface area contributed by atoms with Gasteiger partial charge in [0.2, 0.25) is 5.91 Å². The fourth-order valence-electron chi connectivity index (χ4n) is 2.60. The van der Waals surface area contributed by atoms with Crippen LogP contribution in [0.4, 0.5) is 22.9 Å². The third-order valence-electron chi connectivity index (χ3n) is 3.83. The van der Waals surface area contributed by atoms with Crippen molar-refractivity contribution in [2.24, 2.45) is 0 Å². The van der Waals surface area contributed by atoms with E-state index in [0.29, 0.717) is 28.5 Å². The summed E-state index contributed by atoms with van der Waals surface area (Å²) in [6.07, 6.45) is 1.56. The van der Waals surface area contributed by atoms with Gasteiger partial charge in [0, 0.05) is 18.3 Å². The molecule has 0 saturated carbocycles. The zero-order valence-electron chi connectivity index (χ0n) is 15.5. The number of benzene rings is 2. The SMILES string of the molecule is COc1ccccc1C(=O)Nc1ccc(Nc2cccc(NC(C)=O)c2)nc1. The maximum Gasteiger partial charge on any atom is 0.259 e. The number of rotatable bonds is 6. The van der Waals surface area contributed by atoms with E-state index in [2.05, 4.69) is 20.9 Å². The number of methoxy groups -OCH3 is 1. The summed E-state index contributed by atoms with van der Waals surface area (Å²) >= 11 is 0. The van der Waals surface area contributed by atoms with Crippen molar-refractivity contribution in [3.05, 3.63) is 72.4 Å². The fraction of sp³-hybridized carbons (Fsp3) is 0.0952. The van der Waals surface area contributed by atoms with Crippen LogP contribution in [0, 0.1) is 0 Å². The Morgan fingerprint density at radius 3 is 2.39 bits per heavy atom. The Labute approximate surface area is 162 Å². The number of ether oxygens (including phenoxy) is 1. The molecule has 3 aromatic rings. The zero-order chi connectivity index (χ0) is 19.9. The first-order valence-corrected chi connectivity index (χ1v) is 8.60. The molecule has 1 aromatic heterocycles. The summed E-state index contributed by atoms with van der Waals surface area (Å²) in [5.41, 5.74) is 2.48. The number of carbonyl (C=O) groups is 2. The quantitative estimate of drug-likeness (QED) is 0.604. The second kappa shape index (κ2) is 8.68. The molecule has 0 spiro atoms. The van der Waals surface area contributed by atoms with Crippen molar-refractivity contribution in [3.63, 3.8) is 0 Å². The van der Waals surface area contributed by atoms with Crippen LogP contribution in [0.25, 0.3) is 0 Å². The lowest BCUT2D eigenvalue weighted by atomic mass is 10.2. The van der Waals surface area contributed by atoms with Crippen LogP contribution in [-0.4, -0.2) is 23.9 Å². The van der Waals surface area contributed by atoms with Gasteiger partial charge in [0.15, 0.2) is 0 Å². The summed E-state index contributed by atoms with van der Waals surface area (Å²) < 4.78 is 5.21. The van der Waals surface area contributed by atoms with Crippen LogP contribution in [-0.2, 0) is 4.79 Å². The van der Waals surface area contributed by atoms with Crippen molar-refractivity contribution in [1.82, 2.24) is 4.98 Å². The highest BCUT2D eigenvalue weighted by Gasteiger charge is 2.11. The van der Waals surface area contributed by atoms with Gasteiger partial charge in [-0.1, -0.05) is 18.2 Å². The molecule has 7 heteroatoms. The lowest BCUT2D eigenvalue weighted by Crippen LogP contribution is -2.13. The molecule has 2 aromatic carbocycles. The van der Waals surface area contributed by atoms with E-state index in [1.807, 2.05) is 12.1 Å². The molecule has 0 saturated heterocycles. The van der Waals surface area contributed by atoms with Crippen molar-refractivity contribution in [1.29, 1.82) is 0 Å². The summed E-state index contributed by atoms with van der Waals surface area (Å²) in [4.78, 5) is 27.9. The van der Waals surface area contributed by atoms with Crippen LogP contribution in [0.15, 0.2) is 66.9 Å². The van der Waals surface area contributed by atoms with E-state index in [0.717, 1.165) is 5.69 Å². The zero-order valence-corrected chi connectivity index (χ0v) is 15.5. The van der Waals surface area contributed by atoms with Crippen molar-refractivity contribution in [2.75, 3.05) is 23.1 Å². The molecule has 3 N–H and O–H groups in total. The molecule has 0 bridgehead atoms. The molecule has 2 amide bonds. The van der Waals surface area contributed by atoms with Gasteiger partial charge >= 0.3 is 0 Å². The van der Waals surface area contributed by atoms with Crippen LogP contribution < -0.4 is 20.7 Å². The summed E-state index contributed by atoms with van der Waals surface area (Å²) in [6.45, 7) is 1.46. The molecule has 7 nitrogen and oxygen atoms in total. The van der Waals surface area contributed by atoms with Gasteiger partial charge in [0.05, 0.1) is 24.6 Å². The molecule has 0 atom stereocenters. The van der Waals surface area contributed by atoms with Crippen LogP contribution >= 0.6 is 0 Å². The Morgan fingerprint density at radius 1 is 0.893 bits per heavy atom.